The van der Waals surface area contributed by atoms with E-state index in [1.165, 1.54) is 0 Å². The van der Waals surface area contributed by atoms with Crippen LogP contribution in [-0.4, -0.2) is 30.6 Å². The van der Waals surface area contributed by atoms with Crippen molar-refractivity contribution in [3.05, 3.63) is 0 Å². The first kappa shape index (κ1) is 18.6. The fourth-order valence-electron chi connectivity index (χ4n) is 7.07. The van der Waals surface area contributed by atoms with Gasteiger partial charge < -0.3 is 0 Å². The summed E-state index contributed by atoms with van der Waals surface area (Å²) in [5.41, 5.74) is -0.626. The lowest BCUT2D eigenvalue weighted by atomic mass is 9.45. The Labute approximate surface area is 155 Å². The van der Waals surface area contributed by atoms with Gasteiger partial charge in [-0.2, -0.15) is 8.42 Å². The first-order valence-corrected chi connectivity index (χ1v) is 11.1. The molecule has 0 heterocycles. The van der Waals surface area contributed by atoms with Crippen LogP contribution in [0.15, 0.2) is 0 Å². The van der Waals surface area contributed by atoms with Gasteiger partial charge in [0.25, 0.3) is 0 Å². The van der Waals surface area contributed by atoms with Crippen molar-refractivity contribution >= 4 is 22.0 Å². The van der Waals surface area contributed by atoms with E-state index >= 15 is 0 Å². The van der Waals surface area contributed by atoms with E-state index < -0.39 is 21.9 Å². The Morgan fingerprint density at radius 3 is 2.54 bits per heavy atom. The Morgan fingerprint density at radius 2 is 1.85 bits per heavy atom. The molecule has 4 fully saturated rings. The maximum atomic E-state index is 13.2. The van der Waals surface area contributed by atoms with Gasteiger partial charge in [0.05, 0.1) is 6.10 Å². The molecule has 26 heavy (non-hydrogen) atoms. The quantitative estimate of drug-likeness (QED) is 0.735. The van der Waals surface area contributed by atoms with Crippen molar-refractivity contribution in [2.75, 3.05) is 0 Å². The standard InChI is InChI=1S/C19H28O6S/c1-18-8-7-12(25-26(22,23)24)9-11(18)3-4-13-14-5-6-16(21)19(14,2)10-15(20)17(13)18/h11-14,17H,3-10H2,1-2H3,(H,22,23,24)/t11-,12+,13+,14+,17-,18+,19+/m1/s1. The third-order valence-electron chi connectivity index (χ3n) is 8.27. The van der Waals surface area contributed by atoms with Crippen LogP contribution in [0.5, 0.6) is 0 Å². The van der Waals surface area contributed by atoms with E-state index in [0.717, 1.165) is 25.7 Å². The van der Waals surface area contributed by atoms with Crippen LogP contribution in [0, 0.1) is 34.5 Å². The van der Waals surface area contributed by atoms with Crippen LogP contribution in [0.1, 0.15) is 65.2 Å². The van der Waals surface area contributed by atoms with Crippen LogP contribution in [0.4, 0.5) is 0 Å². The van der Waals surface area contributed by atoms with E-state index in [1.807, 2.05) is 6.92 Å². The molecule has 0 aliphatic heterocycles. The Balaban J connectivity index is 1.60. The Morgan fingerprint density at radius 1 is 1.12 bits per heavy atom. The average molecular weight is 384 g/mol. The van der Waals surface area contributed by atoms with Crippen molar-refractivity contribution in [1.82, 2.24) is 0 Å². The molecule has 4 saturated carbocycles. The second-order valence-electron chi connectivity index (χ2n) is 9.47. The van der Waals surface area contributed by atoms with Crippen molar-refractivity contribution in [2.45, 2.75) is 71.3 Å². The number of fused-ring (bicyclic) bond motifs is 5. The molecule has 7 heteroatoms. The second-order valence-corrected chi connectivity index (χ2v) is 10.5. The van der Waals surface area contributed by atoms with E-state index in [1.54, 1.807) is 0 Å². The third-order valence-corrected chi connectivity index (χ3v) is 8.79. The molecule has 0 saturated heterocycles. The van der Waals surface area contributed by atoms with E-state index in [9.17, 15) is 18.0 Å². The molecule has 6 nitrogen and oxygen atoms in total. The van der Waals surface area contributed by atoms with Crippen LogP contribution in [-0.2, 0) is 24.2 Å². The molecule has 0 aromatic rings. The topological polar surface area (TPSA) is 97.7 Å². The van der Waals surface area contributed by atoms with Crippen molar-refractivity contribution in [3.63, 3.8) is 0 Å². The summed E-state index contributed by atoms with van der Waals surface area (Å²) in [6, 6.07) is 0. The molecule has 0 bridgehead atoms. The molecule has 1 N–H and O–H groups in total. The van der Waals surface area contributed by atoms with Crippen molar-refractivity contribution < 1.29 is 26.7 Å². The van der Waals surface area contributed by atoms with E-state index in [4.69, 9.17) is 8.74 Å². The summed E-state index contributed by atoms with van der Waals surface area (Å²) in [5, 5.41) is 0. The highest BCUT2D eigenvalue weighted by Gasteiger charge is 2.63. The van der Waals surface area contributed by atoms with Gasteiger partial charge in [-0.15, -0.1) is 0 Å². The molecular weight excluding hydrogens is 356 g/mol. The van der Waals surface area contributed by atoms with Gasteiger partial charge in [-0.3, -0.25) is 14.1 Å². The van der Waals surface area contributed by atoms with Crippen molar-refractivity contribution in [3.8, 4) is 0 Å². The molecular formula is C19H28O6S. The molecule has 0 radical (unpaired) electrons. The van der Waals surface area contributed by atoms with Crippen LogP contribution in [0.25, 0.3) is 0 Å². The lowest BCUT2D eigenvalue weighted by Gasteiger charge is -2.59. The molecule has 146 valence electrons. The number of rotatable bonds is 2. The summed E-state index contributed by atoms with van der Waals surface area (Å²) in [6.07, 6.45) is 5.03. The van der Waals surface area contributed by atoms with Crippen LogP contribution in [0.2, 0.25) is 0 Å². The summed E-state index contributed by atoms with van der Waals surface area (Å²) in [6.45, 7) is 4.17. The molecule has 0 spiro atoms. The van der Waals surface area contributed by atoms with Gasteiger partial charge >= 0.3 is 10.4 Å². The van der Waals surface area contributed by atoms with Gasteiger partial charge in [-0.1, -0.05) is 13.8 Å². The number of carbonyl (C=O) groups excluding carboxylic acids is 2. The SMILES string of the molecule is C[C@]12CC[C@H](OS(=O)(=O)O)C[C@H]1CC[C@@H]1[C@@H]2C(=O)C[C@]2(C)C(=O)CC[C@@H]12. The highest BCUT2D eigenvalue weighted by Crippen LogP contribution is 2.64. The number of hydrogen-bond acceptors (Lipinski definition) is 5. The molecule has 0 unspecified atom stereocenters. The minimum atomic E-state index is -4.45. The number of Topliss-reactive ketones (excluding diaryl/α,β-unsaturated/α-hetero) is 2. The zero-order valence-corrected chi connectivity index (χ0v) is 16.3. The van der Waals surface area contributed by atoms with Gasteiger partial charge in [0.15, 0.2) is 0 Å². The predicted octanol–water partition coefficient (Wildman–Crippen LogP) is 2.97. The summed E-state index contributed by atoms with van der Waals surface area (Å²) >= 11 is 0. The number of hydrogen-bond donors (Lipinski definition) is 1. The third kappa shape index (κ3) is 2.69. The predicted molar refractivity (Wildman–Crippen MR) is 93.5 cm³/mol. The fourth-order valence-corrected chi connectivity index (χ4v) is 7.59. The van der Waals surface area contributed by atoms with Gasteiger partial charge in [0.2, 0.25) is 0 Å². The number of carbonyl (C=O) groups is 2. The molecule has 0 aromatic carbocycles. The number of ketones is 2. The molecule has 4 aliphatic carbocycles. The highest BCUT2D eigenvalue weighted by atomic mass is 32.3. The Kier molecular flexibility index (Phi) is 4.18. The molecule has 7 atom stereocenters. The summed E-state index contributed by atoms with van der Waals surface area (Å²) in [5.74, 6) is 1.25. The van der Waals surface area contributed by atoms with Crippen LogP contribution in [0.3, 0.4) is 0 Å². The van der Waals surface area contributed by atoms with Crippen molar-refractivity contribution in [1.29, 1.82) is 0 Å². The molecule has 0 aromatic heterocycles. The van der Waals surface area contributed by atoms with Crippen molar-refractivity contribution in [2.24, 2.45) is 34.5 Å². The Hall–Kier alpha value is -0.790. The maximum Gasteiger partial charge on any atom is 0.397 e. The second kappa shape index (κ2) is 5.85. The lowest BCUT2D eigenvalue weighted by molar-refractivity contribution is -0.162. The normalized spacial score (nSPS) is 48.7. The lowest BCUT2D eigenvalue weighted by Crippen LogP contribution is -2.57. The first-order chi connectivity index (χ1) is 12.0. The summed E-state index contributed by atoms with van der Waals surface area (Å²) in [4.78, 5) is 25.6. The van der Waals surface area contributed by atoms with E-state index in [-0.39, 0.29) is 34.7 Å². The zero-order valence-electron chi connectivity index (χ0n) is 15.4. The van der Waals surface area contributed by atoms with E-state index in [0.29, 0.717) is 31.6 Å². The minimum absolute atomic E-state index is 0.0306. The summed E-state index contributed by atoms with van der Waals surface area (Å²) < 4.78 is 35.9. The fraction of sp³-hybridized carbons (Fsp3) is 0.895. The van der Waals surface area contributed by atoms with Gasteiger partial charge in [-0.05, 0) is 61.7 Å². The highest BCUT2D eigenvalue weighted by molar-refractivity contribution is 7.80. The van der Waals surface area contributed by atoms with Gasteiger partial charge in [0.1, 0.15) is 11.6 Å². The van der Waals surface area contributed by atoms with Gasteiger partial charge in [0, 0.05) is 24.2 Å². The average Bonchev–Trinajstić information content (AvgIpc) is 2.81. The van der Waals surface area contributed by atoms with Gasteiger partial charge in [-0.25, -0.2) is 4.18 Å². The smallest absolute Gasteiger partial charge is 0.299 e. The maximum absolute atomic E-state index is 13.2. The molecule has 4 rings (SSSR count). The molecule has 4 aliphatic rings. The minimum Gasteiger partial charge on any atom is -0.299 e. The Bertz CT molecular complexity index is 745. The molecule has 0 amide bonds. The monoisotopic (exact) mass is 384 g/mol. The van der Waals surface area contributed by atoms with Crippen LogP contribution >= 0.6 is 0 Å². The van der Waals surface area contributed by atoms with E-state index in [2.05, 4.69) is 6.92 Å². The largest absolute Gasteiger partial charge is 0.397 e. The van der Waals surface area contributed by atoms with Crippen LogP contribution < -0.4 is 0 Å². The zero-order chi connectivity index (χ0) is 18.9. The first-order valence-electron chi connectivity index (χ1n) is 9.76. The summed E-state index contributed by atoms with van der Waals surface area (Å²) in [7, 11) is -4.45.